The molecule has 0 fully saturated rings. The van der Waals surface area contributed by atoms with Crippen molar-refractivity contribution in [2.45, 2.75) is 38.2 Å². The van der Waals surface area contributed by atoms with Crippen LogP contribution in [0.5, 0.6) is 0 Å². The zero-order valence-corrected chi connectivity index (χ0v) is 8.87. The first-order valence-corrected chi connectivity index (χ1v) is 5.13. The second-order valence-corrected chi connectivity index (χ2v) is 3.22. The van der Waals surface area contributed by atoms with Gasteiger partial charge in [0.2, 0.25) is 0 Å². The number of ether oxygens (including phenoxy) is 1. The van der Waals surface area contributed by atoms with Gasteiger partial charge >= 0.3 is 0 Å². The standard InChI is InChI=1S/C13H20O/c1-4-7-8-9-10-11-13(6-3)14-12-5-2/h2,4,6,13H,1,3,7-12H2. The Morgan fingerprint density at radius 3 is 2.64 bits per heavy atom. The van der Waals surface area contributed by atoms with E-state index in [2.05, 4.69) is 19.1 Å². The topological polar surface area (TPSA) is 9.23 Å². The minimum absolute atomic E-state index is 0.120. The summed E-state index contributed by atoms with van der Waals surface area (Å²) in [5.41, 5.74) is 0. The van der Waals surface area contributed by atoms with Crippen LogP contribution in [0.2, 0.25) is 0 Å². The molecule has 0 rings (SSSR count). The van der Waals surface area contributed by atoms with Crippen LogP contribution in [0.25, 0.3) is 0 Å². The van der Waals surface area contributed by atoms with Crippen LogP contribution in [0.1, 0.15) is 32.1 Å². The average molecular weight is 192 g/mol. The van der Waals surface area contributed by atoms with Crippen molar-refractivity contribution in [1.29, 1.82) is 0 Å². The molecule has 1 heteroatoms. The van der Waals surface area contributed by atoms with Gasteiger partial charge in [-0.2, -0.15) is 0 Å². The molecule has 0 aromatic rings. The van der Waals surface area contributed by atoms with E-state index in [1.807, 2.05) is 12.2 Å². The van der Waals surface area contributed by atoms with Crippen molar-refractivity contribution in [3.8, 4) is 12.3 Å². The van der Waals surface area contributed by atoms with E-state index in [0.29, 0.717) is 6.61 Å². The molecule has 0 spiro atoms. The molecule has 0 aromatic heterocycles. The van der Waals surface area contributed by atoms with E-state index >= 15 is 0 Å². The molecule has 0 radical (unpaired) electrons. The summed E-state index contributed by atoms with van der Waals surface area (Å²) in [7, 11) is 0. The first-order chi connectivity index (χ1) is 6.85. The maximum atomic E-state index is 5.37. The van der Waals surface area contributed by atoms with Gasteiger partial charge in [0.05, 0.1) is 6.10 Å². The molecule has 1 nitrogen and oxygen atoms in total. The smallest absolute Gasteiger partial charge is 0.108 e. The number of allylic oxidation sites excluding steroid dienone is 1. The zero-order valence-electron chi connectivity index (χ0n) is 8.87. The summed E-state index contributed by atoms with van der Waals surface area (Å²) in [5.74, 6) is 2.46. The van der Waals surface area contributed by atoms with Gasteiger partial charge in [0.1, 0.15) is 6.61 Å². The van der Waals surface area contributed by atoms with Crippen LogP contribution in [0.4, 0.5) is 0 Å². The van der Waals surface area contributed by atoms with Crippen molar-refractivity contribution < 1.29 is 4.74 Å². The number of rotatable bonds is 9. The quantitative estimate of drug-likeness (QED) is 0.309. The number of unbranched alkanes of at least 4 members (excludes halogenated alkanes) is 3. The summed E-state index contributed by atoms with van der Waals surface area (Å²) in [5, 5.41) is 0. The van der Waals surface area contributed by atoms with Gasteiger partial charge in [-0.05, 0) is 19.3 Å². The van der Waals surface area contributed by atoms with Crippen molar-refractivity contribution in [1.82, 2.24) is 0 Å². The Morgan fingerprint density at radius 1 is 1.29 bits per heavy atom. The third kappa shape index (κ3) is 7.64. The fourth-order valence-corrected chi connectivity index (χ4v) is 1.24. The summed E-state index contributed by atoms with van der Waals surface area (Å²) >= 11 is 0. The molecule has 0 bridgehead atoms. The minimum Gasteiger partial charge on any atom is -0.362 e. The van der Waals surface area contributed by atoms with E-state index in [0.717, 1.165) is 19.3 Å². The SMILES string of the molecule is C#CCOC(C=C)CCCCCC=C. The molecule has 0 aliphatic heterocycles. The summed E-state index contributed by atoms with van der Waals surface area (Å²) in [6.07, 6.45) is 14.7. The van der Waals surface area contributed by atoms with Gasteiger partial charge in [-0.3, -0.25) is 0 Å². The third-order valence-corrected chi connectivity index (χ3v) is 2.04. The number of hydrogen-bond acceptors (Lipinski definition) is 1. The Labute approximate surface area is 87.9 Å². The van der Waals surface area contributed by atoms with Gasteiger partial charge in [-0.1, -0.05) is 30.9 Å². The first kappa shape index (κ1) is 13.0. The lowest BCUT2D eigenvalue weighted by atomic mass is 10.1. The predicted octanol–water partition coefficient (Wildman–Crippen LogP) is 3.33. The molecular formula is C13H20O. The van der Waals surface area contributed by atoms with E-state index in [9.17, 15) is 0 Å². The second-order valence-electron chi connectivity index (χ2n) is 3.22. The molecule has 0 aromatic carbocycles. The molecule has 78 valence electrons. The highest BCUT2D eigenvalue weighted by molar-refractivity contribution is 4.87. The van der Waals surface area contributed by atoms with Crippen molar-refractivity contribution in [3.05, 3.63) is 25.3 Å². The van der Waals surface area contributed by atoms with Crippen molar-refractivity contribution in [2.75, 3.05) is 6.61 Å². The third-order valence-electron chi connectivity index (χ3n) is 2.04. The highest BCUT2D eigenvalue weighted by Gasteiger charge is 2.02. The van der Waals surface area contributed by atoms with E-state index in [1.54, 1.807) is 0 Å². The molecule has 0 saturated heterocycles. The largest absolute Gasteiger partial charge is 0.362 e. The molecule has 0 aliphatic carbocycles. The van der Waals surface area contributed by atoms with Crippen LogP contribution in [0.15, 0.2) is 25.3 Å². The highest BCUT2D eigenvalue weighted by atomic mass is 16.5. The van der Waals surface area contributed by atoms with Crippen molar-refractivity contribution >= 4 is 0 Å². The zero-order chi connectivity index (χ0) is 10.6. The molecule has 0 saturated carbocycles. The van der Waals surface area contributed by atoms with Gasteiger partial charge < -0.3 is 4.74 Å². The van der Waals surface area contributed by atoms with Crippen LogP contribution in [0, 0.1) is 12.3 Å². The van der Waals surface area contributed by atoms with E-state index in [1.165, 1.54) is 12.8 Å². The average Bonchev–Trinajstić information content (AvgIpc) is 2.22. The molecule has 0 amide bonds. The molecule has 0 aliphatic rings. The maximum Gasteiger partial charge on any atom is 0.108 e. The number of hydrogen-bond donors (Lipinski definition) is 0. The van der Waals surface area contributed by atoms with Gasteiger partial charge in [0.15, 0.2) is 0 Å². The van der Waals surface area contributed by atoms with Crippen LogP contribution >= 0.6 is 0 Å². The fraction of sp³-hybridized carbons (Fsp3) is 0.538. The molecular weight excluding hydrogens is 172 g/mol. The summed E-state index contributed by atoms with van der Waals surface area (Å²) in [6, 6.07) is 0. The van der Waals surface area contributed by atoms with Crippen LogP contribution in [-0.4, -0.2) is 12.7 Å². The van der Waals surface area contributed by atoms with Crippen LogP contribution in [0.3, 0.4) is 0 Å². The number of terminal acetylenes is 1. The minimum atomic E-state index is 0.120. The molecule has 0 N–H and O–H groups in total. The summed E-state index contributed by atoms with van der Waals surface area (Å²) in [4.78, 5) is 0. The van der Waals surface area contributed by atoms with Crippen LogP contribution in [-0.2, 0) is 4.74 Å². The fourth-order valence-electron chi connectivity index (χ4n) is 1.24. The van der Waals surface area contributed by atoms with Gasteiger partial charge in [0.25, 0.3) is 0 Å². The normalized spacial score (nSPS) is 11.6. The van der Waals surface area contributed by atoms with Gasteiger partial charge in [-0.15, -0.1) is 19.6 Å². The van der Waals surface area contributed by atoms with Crippen molar-refractivity contribution in [2.24, 2.45) is 0 Å². The molecule has 14 heavy (non-hydrogen) atoms. The lowest BCUT2D eigenvalue weighted by Crippen LogP contribution is -2.09. The molecule has 0 heterocycles. The maximum absolute atomic E-state index is 5.37. The first-order valence-electron chi connectivity index (χ1n) is 5.13. The van der Waals surface area contributed by atoms with E-state index in [-0.39, 0.29) is 6.10 Å². The Balaban J connectivity index is 3.38. The Hall–Kier alpha value is -1.00. The summed E-state index contributed by atoms with van der Waals surface area (Å²) in [6.45, 7) is 7.78. The highest BCUT2D eigenvalue weighted by Crippen LogP contribution is 2.09. The summed E-state index contributed by atoms with van der Waals surface area (Å²) < 4.78 is 5.37. The van der Waals surface area contributed by atoms with E-state index < -0.39 is 0 Å². The van der Waals surface area contributed by atoms with Crippen molar-refractivity contribution in [3.63, 3.8) is 0 Å². The Kier molecular flexibility index (Phi) is 9.36. The van der Waals surface area contributed by atoms with Gasteiger partial charge in [0, 0.05) is 0 Å². The van der Waals surface area contributed by atoms with Crippen LogP contribution < -0.4 is 0 Å². The lowest BCUT2D eigenvalue weighted by Gasteiger charge is -2.11. The monoisotopic (exact) mass is 192 g/mol. The van der Waals surface area contributed by atoms with E-state index in [4.69, 9.17) is 11.2 Å². The molecule has 1 unspecified atom stereocenters. The lowest BCUT2D eigenvalue weighted by molar-refractivity contribution is 0.105. The Morgan fingerprint density at radius 2 is 2.07 bits per heavy atom. The second kappa shape index (κ2) is 10.1. The molecule has 1 atom stereocenters. The van der Waals surface area contributed by atoms with Gasteiger partial charge in [-0.25, -0.2) is 0 Å². The predicted molar refractivity (Wildman–Crippen MR) is 62.1 cm³/mol. The Bertz CT molecular complexity index is 188.